The molecule has 0 aliphatic heterocycles. The first-order valence-electron chi connectivity index (χ1n) is 9.65. The van der Waals surface area contributed by atoms with Crippen molar-refractivity contribution in [2.75, 3.05) is 6.61 Å². The first-order valence-corrected chi connectivity index (χ1v) is 9.65. The average Bonchev–Trinajstić information content (AvgIpc) is 3.03. The van der Waals surface area contributed by atoms with E-state index in [1.807, 2.05) is 36.4 Å². The van der Waals surface area contributed by atoms with Crippen LogP contribution >= 0.6 is 0 Å². The van der Waals surface area contributed by atoms with Crippen LogP contribution in [-0.4, -0.2) is 33.8 Å². The molecule has 7 nitrogen and oxygen atoms in total. The molecule has 0 bridgehead atoms. The quantitative estimate of drug-likeness (QED) is 0.355. The Morgan fingerprint density at radius 2 is 1.77 bits per heavy atom. The van der Waals surface area contributed by atoms with E-state index in [2.05, 4.69) is 6.07 Å². The van der Waals surface area contributed by atoms with Crippen LogP contribution in [0.25, 0.3) is 16.3 Å². The van der Waals surface area contributed by atoms with E-state index in [0.717, 1.165) is 22.0 Å². The molecule has 0 unspecified atom stereocenters. The Balaban J connectivity index is 1.89. The number of primary amides is 1. The normalized spacial score (nSPS) is 11.0. The molecular formula is C24H20N2O5. The summed E-state index contributed by atoms with van der Waals surface area (Å²) in [5.74, 6) is -2.88. The Bertz CT molecular complexity index is 1350. The molecule has 4 rings (SSSR count). The number of nitrogens with two attached hydrogens (primary N) is 1. The zero-order valence-electron chi connectivity index (χ0n) is 16.8. The van der Waals surface area contributed by atoms with Crippen molar-refractivity contribution in [2.45, 2.75) is 13.3 Å². The molecule has 0 saturated heterocycles. The van der Waals surface area contributed by atoms with E-state index in [9.17, 15) is 14.4 Å². The number of aromatic nitrogens is 1. The highest BCUT2D eigenvalue weighted by atomic mass is 16.5. The number of Topliss-reactive ketones (excluding diaryl/α,β-unsaturated/α-hetero) is 1. The number of benzene rings is 2. The second-order valence-corrected chi connectivity index (χ2v) is 7.27. The van der Waals surface area contributed by atoms with Crippen molar-refractivity contribution in [2.24, 2.45) is 5.73 Å². The summed E-state index contributed by atoms with van der Waals surface area (Å²) in [6.07, 6.45) is 2.25. The van der Waals surface area contributed by atoms with Gasteiger partial charge in [0.05, 0.1) is 11.1 Å². The van der Waals surface area contributed by atoms with E-state index >= 15 is 0 Å². The number of fused-ring (bicyclic) bond motifs is 2. The lowest BCUT2D eigenvalue weighted by molar-refractivity contribution is -0.139. The Morgan fingerprint density at radius 1 is 1.03 bits per heavy atom. The fourth-order valence-corrected chi connectivity index (χ4v) is 3.88. The Labute approximate surface area is 177 Å². The number of ether oxygens (including phenoxy) is 1. The lowest BCUT2D eigenvalue weighted by Crippen LogP contribution is -2.23. The highest BCUT2D eigenvalue weighted by Gasteiger charge is 2.26. The molecular weight excluding hydrogens is 396 g/mol. The van der Waals surface area contributed by atoms with E-state index in [4.69, 9.17) is 15.6 Å². The largest absolute Gasteiger partial charge is 0.480 e. The van der Waals surface area contributed by atoms with E-state index in [0.29, 0.717) is 17.5 Å². The number of hydrogen-bond acceptors (Lipinski definition) is 4. The van der Waals surface area contributed by atoms with Crippen molar-refractivity contribution in [1.29, 1.82) is 0 Å². The smallest absolute Gasteiger partial charge is 0.341 e. The molecule has 4 aromatic rings. The summed E-state index contributed by atoms with van der Waals surface area (Å²) < 4.78 is 7.16. The third-order valence-corrected chi connectivity index (χ3v) is 5.28. The van der Waals surface area contributed by atoms with Crippen LogP contribution in [0.15, 0.2) is 60.8 Å². The number of carboxylic acids is 1. The van der Waals surface area contributed by atoms with Gasteiger partial charge in [-0.3, -0.25) is 9.59 Å². The molecule has 2 aromatic heterocycles. The van der Waals surface area contributed by atoms with Crippen molar-refractivity contribution in [3.05, 3.63) is 83.2 Å². The zero-order chi connectivity index (χ0) is 22.1. The van der Waals surface area contributed by atoms with Crippen LogP contribution in [0.2, 0.25) is 0 Å². The van der Waals surface area contributed by atoms with Crippen molar-refractivity contribution in [3.8, 4) is 5.75 Å². The maximum absolute atomic E-state index is 12.7. The van der Waals surface area contributed by atoms with Gasteiger partial charge in [0.2, 0.25) is 0 Å². The van der Waals surface area contributed by atoms with Crippen LogP contribution in [-0.2, 0) is 16.0 Å². The first kappa shape index (κ1) is 20.2. The highest BCUT2D eigenvalue weighted by Crippen LogP contribution is 2.32. The Morgan fingerprint density at radius 3 is 2.48 bits per heavy atom. The number of carbonyl (C=O) groups excluding carboxylic acids is 2. The minimum Gasteiger partial charge on any atom is -0.480 e. The van der Waals surface area contributed by atoms with Gasteiger partial charge >= 0.3 is 5.97 Å². The molecule has 156 valence electrons. The SMILES string of the molecule is Cc1c(C(=O)C(N)=O)c2c(OCC(=O)O)cccn2c1Cc1ccc2ccccc2c1. The van der Waals surface area contributed by atoms with Crippen molar-refractivity contribution >= 4 is 33.9 Å². The first-order chi connectivity index (χ1) is 14.9. The minimum atomic E-state index is -1.15. The number of ketones is 1. The monoisotopic (exact) mass is 416 g/mol. The van der Waals surface area contributed by atoms with Gasteiger partial charge in [0.1, 0.15) is 5.75 Å². The zero-order valence-corrected chi connectivity index (χ0v) is 16.8. The number of rotatable bonds is 7. The molecule has 2 aromatic carbocycles. The predicted molar refractivity (Wildman–Crippen MR) is 116 cm³/mol. The van der Waals surface area contributed by atoms with Crippen LogP contribution in [0.5, 0.6) is 5.75 Å². The van der Waals surface area contributed by atoms with E-state index in [1.54, 1.807) is 29.7 Å². The van der Waals surface area contributed by atoms with Crippen LogP contribution in [0.3, 0.4) is 0 Å². The Kier molecular flexibility index (Phi) is 5.17. The molecule has 0 radical (unpaired) electrons. The molecule has 0 atom stereocenters. The van der Waals surface area contributed by atoms with Gasteiger partial charge in [-0.25, -0.2) is 4.79 Å². The summed E-state index contributed by atoms with van der Waals surface area (Å²) in [7, 11) is 0. The molecule has 3 N–H and O–H groups in total. The van der Waals surface area contributed by atoms with Gasteiger partial charge < -0.3 is 20.0 Å². The van der Waals surface area contributed by atoms with Gasteiger partial charge in [0, 0.05) is 18.3 Å². The number of hydrogen-bond donors (Lipinski definition) is 2. The van der Waals surface area contributed by atoms with Crippen molar-refractivity contribution < 1.29 is 24.2 Å². The number of nitrogens with zero attached hydrogens (tertiary/aromatic N) is 1. The molecule has 0 aliphatic rings. The van der Waals surface area contributed by atoms with E-state index in [-0.39, 0.29) is 11.3 Å². The fourth-order valence-electron chi connectivity index (χ4n) is 3.88. The third kappa shape index (κ3) is 3.73. The Hall–Kier alpha value is -4.13. The molecule has 1 amide bonds. The number of carboxylic acid groups (broad SMARTS) is 1. The summed E-state index contributed by atoms with van der Waals surface area (Å²) >= 11 is 0. The van der Waals surface area contributed by atoms with Crippen molar-refractivity contribution in [3.63, 3.8) is 0 Å². The van der Waals surface area contributed by atoms with Gasteiger partial charge in [-0.1, -0.05) is 42.5 Å². The second kappa shape index (κ2) is 7.95. The predicted octanol–water partition coefficient (Wildman–Crippen LogP) is 3.12. The molecule has 31 heavy (non-hydrogen) atoms. The lowest BCUT2D eigenvalue weighted by Gasteiger charge is -2.09. The lowest BCUT2D eigenvalue weighted by atomic mass is 10.0. The number of amides is 1. The molecule has 0 fully saturated rings. The second-order valence-electron chi connectivity index (χ2n) is 7.27. The van der Waals surface area contributed by atoms with E-state index < -0.39 is 24.3 Å². The summed E-state index contributed by atoms with van der Waals surface area (Å²) in [6, 6.07) is 17.4. The third-order valence-electron chi connectivity index (χ3n) is 5.28. The van der Waals surface area contributed by atoms with Crippen LogP contribution in [0.4, 0.5) is 0 Å². The van der Waals surface area contributed by atoms with Crippen LogP contribution < -0.4 is 10.5 Å². The fraction of sp³-hybridized carbons (Fsp3) is 0.125. The van der Waals surface area contributed by atoms with Gasteiger partial charge in [0.15, 0.2) is 6.61 Å². The van der Waals surface area contributed by atoms with Gasteiger partial charge in [-0.05, 0) is 41.0 Å². The molecule has 0 spiro atoms. The van der Waals surface area contributed by atoms with Gasteiger partial charge in [-0.15, -0.1) is 0 Å². The number of carbonyl (C=O) groups is 3. The summed E-state index contributed by atoms with van der Waals surface area (Å²) in [5, 5.41) is 11.2. The molecule has 0 aliphatic carbocycles. The summed E-state index contributed by atoms with van der Waals surface area (Å²) in [5.41, 5.74) is 8.17. The molecule has 0 saturated carbocycles. The summed E-state index contributed by atoms with van der Waals surface area (Å²) in [6.45, 7) is 1.18. The van der Waals surface area contributed by atoms with Crippen LogP contribution in [0.1, 0.15) is 27.2 Å². The average molecular weight is 416 g/mol. The maximum Gasteiger partial charge on any atom is 0.341 e. The topological polar surface area (TPSA) is 111 Å². The molecule has 2 heterocycles. The number of aliphatic carboxylic acids is 1. The van der Waals surface area contributed by atoms with Crippen molar-refractivity contribution in [1.82, 2.24) is 4.40 Å². The summed E-state index contributed by atoms with van der Waals surface area (Å²) in [4.78, 5) is 35.3. The van der Waals surface area contributed by atoms with E-state index in [1.165, 1.54) is 0 Å². The van der Waals surface area contributed by atoms with Gasteiger partial charge in [0.25, 0.3) is 11.7 Å². The standard InChI is InChI=1S/C24H20N2O5/c1-14-18(12-15-8-9-16-5-2-3-6-17(16)11-15)26-10-4-7-19(31-13-20(27)28)22(26)21(14)23(29)24(25)30/h2-11H,12-13H2,1H3,(H2,25,30)(H,27,28). The minimum absolute atomic E-state index is 0.129. The molecule has 7 heteroatoms. The highest BCUT2D eigenvalue weighted by molar-refractivity contribution is 6.44. The van der Waals surface area contributed by atoms with Gasteiger partial charge in [-0.2, -0.15) is 0 Å². The van der Waals surface area contributed by atoms with Crippen LogP contribution in [0, 0.1) is 6.92 Å². The number of pyridine rings is 1. The maximum atomic E-state index is 12.7.